The summed E-state index contributed by atoms with van der Waals surface area (Å²) in [6.07, 6.45) is 7.31. The van der Waals surface area contributed by atoms with E-state index in [1.54, 1.807) is 0 Å². The molecule has 1 aromatic rings. The Morgan fingerprint density at radius 1 is 1.15 bits per heavy atom. The second kappa shape index (κ2) is 8.56. The summed E-state index contributed by atoms with van der Waals surface area (Å²) in [6, 6.07) is 6.85. The van der Waals surface area contributed by atoms with Gasteiger partial charge in [0.2, 0.25) is 0 Å². The number of hydrogen-bond donors (Lipinski definition) is 1. The molecule has 0 unspecified atom stereocenters. The number of rotatable bonds is 4. The van der Waals surface area contributed by atoms with Crippen LogP contribution in [0.4, 0.5) is 0 Å². The highest BCUT2D eigenvalue weighted by molar-refractivity contribution is 5.04. The van der Waals surface area contributed by atoms with E-state index in [9.17, 15) is 5.11 Å². The Balaban J connectivity index is 1.27. The van der Waals surface area contributed by atoms with Crippen LogP contribution < -0.4 is 0 Å². The Morgan fingerprint density at radius 3 is 2.59 bits per heavy atom. The molecule has 27 heavy (non-hydrogen) atoms. The fourth-order valence-corrected chi connectivity index (χ4v) is 5.47. The predicted molar refractivity (Wildman–Crippen MR) is 106 cm³/mol. The van der Waals surface area contributed by atoms with Gasteiger partial charge in [-0.05, 0) is 56.1 Å². The van der Waals surface area contributed by atoms with Gasteiger partial charge in [-0.3, -0.25) is 14.8 Å². The second-order valence-electron chi connectivity index (χ2n) is 8.85. The maximum atomic E-state index is 11.4. The smallest absolute Gasteiger partial charge is 0.0727 e. The topological polar surface area (TPSA) is 48.8 Å². The van der Waals surface area contributed by atoms with Crippen LogP contribution in [0.3, 0.4) is 0 Å². The fourth-order valence-electron chi connectivity index (χ4n) is 5.47. The van der Waals surface area contributed by atoms with Crippen LogP contribution in [0, 0.1) is 11.8 Å². The molecule has 0 bridgehead atoms. The summed E-state index contributed by atoms with van der Waals surface area (Å²) in [5, 5.41) is 11.4. The number of piperidine rings is 2. The predicted octanol–water partition coefficient (Wildman–Crippen LogP) is 2.55. The van der Waals surface area contributed by atoms with Gasteiger partial charge in [-0.15, -0.1) is 0 Å². The third-order valence-electron chi connectivity index (χ3n) is 7.27. The summed E-state index contributed by atoms with van der Waals surface area (Å²) in [5.74, 6) is 0.768. The molecule has 0 saturated carbocycles. The quantitative estimate of drug-likeness (QED) is 0.879. The average molecular weight is 374 g/mol. The van der Waals surface area contributed by atoms with Crippen molar-refractivity contribution in [3.05, 3.63) is 30.1 Å². The zero-order valence-corrected chi connectivity index (χ0v) is 16.7. The molecule has 3 fully saturated rings. The first kappa shape index (κ1) is 19.3. The number of aromatic nitrogens is 1. The van der Waals surface area contributed by atoms with Gasteiger partial charge in [-0.1, -0.05) is 13.0 Å². The number of pyridine rings is 1. The van der Waals surface area contributed by atoms with Gasteiger partial charge in [0.1, 0.15) is 0 Å². The van der Waals surface area contributed by atoms with Crippen molar-refractivity contribution in [1.29, 1.82) is 0 Å². The molecule has 0 aliphatic carbocycles. The van der Waals surface area contributed by atoms with Gasteiger partial charge in [-0.25, -0.2) is 0 Å². The van der Waals surface area contributed by atoms with Crippen LogP contribution in [0.2, 0.25) is 0 Å². The van der Waals surface area contributed by atoms with Crippen LogP contribution >= 0.6 is 0 Å². The van der Waals surface area contributed by atoms with Crippen LogP contribution in [-0.4, -0.2) is 70.9 Å². The molecule has 3 aliphatic heterocycles. The Hall–Kier alpha value is -1.01. The summed E-state index contributed by atoms with van der Waals surface area (Å²) >= 11 is 0. The van der Waals surface area contributed by atoms with Crippen molar-refractivity contribution in [2.24, 2.45) is 11.8 Å². The van der Waals surface area contributed by atoms with Crippen molar-refractivity contribution < 1.29 is 9.84 Å². The number of aliphatic hydroxyl groups is 1. The molecule has 0 spiro atoms. The highest BCUT2D eigenvalue weighted by Crippen LogP contribution is 2.40. The highest BCUT2D eigenvalue weighted by Gasteiger charge is 2.46. The van der Waals surface area contributed by atoms with E-state index < -0.39 is 5.60 Å². The normalized spacial score (nSPS) is 32.6. The third-order valence-corrected chi connectivity index (χ3v) is 7.27. The first-order valence-electron chi connectivity index (χ1n) is 10.8. The molecule has 0 aromatic carbocycles. The second-order valence-corrected chi connectivity index (χ2v) is 8.85. The zero-order chi connectivity index (χ0) is 18.7. The van der Waals surface area contributed by atoms with Crippen LogP contribution in [0.15, 0.2) is 24.4 Å². The fraction of sp³-hybridized carbons (Fsp3) is 0.773. The molecule has 1 aromatic heterocycles. The number of hydrogen-bond acceptors (Lipinski definition) is 5. The van der Waals surface area contributed by atoms with Crippen molar-refractivity contribution in [2.75, 3.05) is 39.4 Å². The molecule has 150 valence electrons. The van der Waals surface area contributed by atoms with Gasteiger partial charge in [0.25, 0.3) is 0 Å². The minimum atomic E-state index is -0.486. The van der Waals surface area contributed by atoms with E-state index >= 15 is 0 Å². The molecule has 4 heterocycles. The van der Waals surface area contributed by atoms with Crippen molar-refractivity contribution in [1.82, 2.24) is 14.8 Å². The first-order chi connectivity index (χ1) is 13.1. The summed E-state index contributed by atoms with van der Waals surface area (Å²) in [6.45, 7) is 9.25. The number of nitrogens with zero attached hydrogens (tertiary/aromatic N) is 3. The van der Waals surface area contributed by atoms with Crippen molar-refractivity contribution in [2.45, 2.75) is 57.2 Å². The summed E-state index contributed by atoms with van der Waals surface area (Å²) in [7, 11) is 0. The molecule has 5 nitrogen and oxygen atoms in total. The van der Waals surface area contributed by atoms with Crippen molar-refractivity contribution >= 4 is 0 Å². The molecule has 1 N–H and O–H groups in total. The van der Waals surface area contributed by atoms with Gasteiger partial charge in [0.15, 0.2) is 0 Å². The Labute approximate surface area is 163 Å². The van der Waals surface area contributed by atoms with E-state index in [4.69, 9.17) is 4.74 Å². The lowest BCUT2D eigenvalue weighted by molar-refractivity contribution is -0.137. The lowest BCUT2D eigenvalue weighted by Gasteiger charge is -2.51. The standard InChI is InChI=1S/C22H35N3O2/c1-18-16-25(13-9-22(18,26)19-7-14-27-15-8-19)21-5-11-24(12-6-21)17-20-4-2-3-10-23-20/h2-4,10,18-19,21,26H,5-9,11-17H2,1H3/t18-,22+/m1/s1. The molecule has 0 amide bonds. The van der Waals surface area contributed by atoms with E-state index in [2.05, 4.69) is 33.8 Å². The Morgan fingerprint density at radius 2 is 1.93 bits per heavy atom. The Bertz CT molecular complexity index is 584. The van der Waals surface area contributed by atoms with Crippen molar-refractivity contribution in [3.63, 3.8) is 0 Å². The van der Waals surface area contributed by atoms with Crippen LogP contribution in [0.25, 0.3) is 0 Å². The molecule has 4 rings (SSSR count). The van der Waals surface area contributed by atoms with Gasteiger partial charge in [-0.2, -0.15) is 0 Å². The summed E-state index contributed by atoms with van der Waals surface area (Å²) in [4.78, 5) is 9.66. The zero-order valence-electron chi connectivity index (χ0n) is 16.7. The molecule has 3 aliphatic rings. The van der Waals surface area contributed by atoms with E-state index in [0.29, 0.717) is 17.9 Å². The number of ether oxygens (including phenoxy) is 1. The van der Waals surface area contributed by atoms with Gasteiger partial charge in [0.05, 0.1) is 11.3 Å². The van der Waals surface area contributed by atoms with Crippen LogP contribution in [0.5, 0.6) is 0 Å². The monoisotopic (exact) mass is 373 g/mol. The third kappa shape index (κ3) is 4.37. The van der Waals surface area contributed by atoms with Gasteiger partial charge >= 0.3 is 0 Å². The van der Waals surface area contributed by atoms with E-state index in [1.807, 2.05) is 12.3 Å². The van der Waals surface area contributed by atoms with E-state index in [1.165, 1.54) is 18.5 Å². The lowest BCUT2D eigenvalue weighted by atomic mass is 9.70. The highest BCUT2D eigenvalue weighted by atomic mass is 16.5. The molecule has 5 heteroatoms. The van der Waals surface area contributed by atoms with E-state index in [0.717, 1.165) is 65.2 Å². The largest absolute Gasteiger partial charge is 0.389 e. The average Bonchev–Trinajstić information content (AvgIpc) is 2.72. The maximum Gasteiger partial charge on any atom is 0.0727 e. The molecule has 0 radical (unpaired) electrons. The molecular formula is C22H35N3O2. The van der Waals surface area contributed by atoms with Crippen molar-refractivity contribution in [3.8, 4) is 0 Å². The minimum absolute atomic E-state index is 0.348. The number of likely N-dealkylation sites (tertiary alicyclic amines) is 2. The van der Waals surface area contributed by atoms with Gasteiger partial charge in [0, 0.05) is 58.2 Å². The minimum Gasteiger partial charge on any atom is -0.389 e. The van der Waals surface area contributed by atoms with Crippen LogP contribution in [0.1, 0.15) is 44.7 Å². The lowest BCUT2D eigenvalue weighted by Crippen LogP contribution is -2.58. The van der Waals surface area contributed by atoms with E-state index in [-0.39, 0.29) is 0 Å². The summed E-state index contributed by atoms with van der Waals surface area (Å²) < 4.78 is 5.51. The summed E-state index contributed by atoms with van der Waals surface area (Å²) in [5.41, 5.74) is 0.684. The molecule has 2 atom stereocenters. The maximum absolute atomic E-state index is 11.4. The van der Waals surface area contributed by atoms with Crippen LogP contribution in [-0.2, 0) is 11.3 Å². The van der Waals surface area contributed by atoms with Gasteiger partial charge < -0.3 is 9.84 Å². The SMILES string of the molecule is C[C@@H]1CN(C2CCN(Cc3ccccn3)CC2)CC[C@@]1(O)C1CCOCC1. The molecule has 3 saturated heterocycles. The first-order valence-corrected chi connectivity index (χ1v) is 10.8. The Kier molecular flexibility index (Phi) is 6.12. The molecular weight excluding hydrogens is 338 g/mol.